The molecule has 0 radical (unpaired) electrons. The molecule has 0 unspecified atom stereocenters. The third-order valence-electron chi connectivity index (χ3n) is 3.90. The van der Waals surface area contributed by atoms with Crippen molar-refractivity contribution in [1.82, 2.24) is 19.8 Å². The molecule has 0 aliphatic carbocycles. The van der Waals surface area contributed by atoms with E-state index in [1.54, 1.807) is 4.52 Å². The number of amides is 1. The number of carbonyl (C=O) groups excluding carboxylic acids is 1. The van der Waals surface area contributed by atoms with E-state index >= 15 is 0 Å². The van der Waals surface area contributed by atoms with Crippen LogP contribution in [0.2, 0.25) is 0 Å². The number of benzene rings is 2. The number of nitrogens with one attached hydrogen (secondary N) is 1. The Hall–Kier alpha value is -3.26. The summed E-state index contributed by atoms with van der Waals surface area (Å²) in [6.45, 7) is 1.98. The number of aryl methyl sites for hydroxylation is 1. The van der Waals surface area contributed by atoms with Crippen molar-refractivity contribution >= 4 is 27.9 Å². The molecule has 1 amide bonds. The molecule has 0 aliphatic heterocycles. The second-order valence-corrected chi connectivity index (χ2v) is 6.75. The lowest BCUT2D eigenvalue weighted by Gasteiger charge is -2.07. The summed E-state index contributed by atoms with van der Waals surface area (Å²) < 4.78 is 7.22. The van der Waals surface area contributed by atoms with Gasteiger partial charge < -0.3 is 10.1 Å². The van der Waals surface area contributed by atoms with Gasteiger partial charge in [0.2, 0.25) is 4.96 Å². The van der Waals surface area contributed by atoms with E-state index in [9.17, 15) is 4.79 Å². The average molecular weight is 379 g/mol. The van der Waals surface area contributed by atoms with Crippen molar-refractivity contribution in [2.45, 2.75) is 13.3 Å². The molecule has 2 aromatic heterocycles. The molecule has 1 N–H and O–H groups in total. The Balaban J connectivity index is 1.40. The molecule has 0 saturated heterocycles. The van der Waals surface area contributed by atoms with Gasteiger partial charge in [0.05, 0.1) is 0 Å². The molecule has 0 saturated carbocycles. The number of aromatic nitrogens is 4. The SMILES string of the molecule is CCc1nnc2sc(-c3ccc(NC(=O)COc4ccccc4)cc3)nn12. The van der Waals surface area contributed by atoms with Crippen molar-refractivity contribution in [3.63, 3.8) is 0 Å². The second kappa shape index (κ2) is 7.55. The number of carbonyl (C=O) groups is 1. The maximum Gasteiger partial charge on any atom is 0.262 e. The summed E-state index contributed by atoms with van der Waals surface area (Å²) in [5.74, 6) is 1.30. The highest BCUT2D eigenvalue weighted by Gasteiger charge is 2.12. The zero-order chi connectivity index (χ0) is 18.6. The molecule has 27 heavy (non-hydrogen) atoms. The summed E-state index contributed by atoms with van der Waals surface area (Å²) in [7, 11) is 0. The molecule has 0 spiro atoms. The van der Waals surface area contributed by atoms with Gasteiger partial charge in [-0.05, 0) is 36.4 Å². The van der Waals surface area contributed by atoms with Crippen molar-refractivity contribution in [2.75, 3.05) is 11.9 Å². The van der Waals surface area contributed by atoms with Gasteiger partial charge in [-0.25, -0.2) is 0 Å². The van der Waals surface area contributed by atoms with E-state index in [1.807, 2.05) is 61.5 Å². The molecule has 8 heteroatoms. The Morgan fingerprint density at radius 2 is 1.89 bits per heavy atom. The number of fused-ring (bicyclic) bond motifs is 1. The van der Waals surface area contributed by atoms with Crippen LogP contribution in [0, 0.1) is 0 Å². The summed E-state index contributed by atoms with van der Waals surface area (Å²) in [5, 5.41) is 16.5. The lowest BCUT2D eigenvalue weighted by molar-refractivity contribution is -0.118. The zero-order valence-electron chi connectivity index (χ0n) is 14.6. The topological polar surface area (TPSA) is 81.4 Å². The summed E-state index contributed by atoms with van der Waals surface area (Å²) in [6.07, 6.45) is 0.778. The van der Waals surface area contributed by atoms with Gasteiger partial charge in [-0.15, -0.1) is 10.2 Å². The summed E-state index contributed by atoms with van der Waals surface area (Å²) in [6, 6.07) is 16.8. The highest BCUT2D eigenvalue weighted by molar-refractivity contribution is 7.19. The van der Waals surface area contributed by atoms with Crippen molar-refractivity contribution < 1.29 is 9.53 Å². The third-order valence-corrected chi connectivity index (χ3v) is 4.85. The van der Waals surface area contributed by atoms with Crippen LogP contribution < -0.4 is 10.1 Å². The average Bonchev–Trinajstić information content (AvgIpc) is 3.28. The molecule has 7 nitrogen and oxygen atoms in total. The van der Waals surface area contributed by atoms with Crippen LogP contribution in [0.1, 0.15) is 12.7 Å². The number of nitrogens with zero attached hydrogens (tertiary/aromatic N) is 4. The Morgan fingerprint density at radius 3 is 2.63 bits per heavy atom. The summed E-state index contributed by atoms with van der Waals surface area (Å²) in [4.78, 5) is 12.8. The minimum Gasteiger partial charge on any atom is -0.484 e. The van der Waals surface area contributed by atoms with Gasteiger partial charge in [0.15, 0.2) is 12.4 Å². The van der Waals surface area contributed by atoms with E-state index in [0.717, 1.165) is 27.8 Å². The Labute approximate surface area is 159 Å². The first-order chi connectivity index (χ1) is 13.2. The number of rotatable bonds is 6. The molecular weight excluding hydrogens is 362 g/mol. The fourth-order valence-corrected chi connectivity index (χ4v) is 3.42. The first-order valence-corrected chi connectivity index (χ1v) is 9.34. The van der Waals surface area contributed by atoms with Crippen molar-refractivity contribution in [1.29, 1.82) is 0 Å². The summed E-state index contributed by atoms with van der Waals surface area (Å²) >= 11 is 1.48. The Kier molecular flexibility index (Phi) is 4.80. The summed E-state index contributed by atoms with van der Waals surface area (Å²) in [5.41, 5.74) is 1.67. The van der Waals surface area contributed by atoms with E-state index in [-0.39, 0.29) is 12.5 Å². The largest absolute Gasteiger partial charge is 0.484 e. The normalized spacial score (nSPS) is 10.9. The monoisotopic (exact) mass is 379 g/mol. The van der Waals surface area contributed by atoms with Crippen LogP contribution >= 0.6 is 11.3 Å². The molecule has 0 bridgehead atoms. The van der Waals surface area contributed by atoms with E-state index < -0.39 is 0 Å². The van der Waals surface area contributed by atoms with Crippen LogP contribution in [0.15, 0.2) is 54.6 Å². The predicted octanol–water partition coefficient (Wildman–Crippen LogP) is 3.43. The number of ether oxygens (including phenoxy) is 1. The standard InChI is InChI=1S/C19H17N5O2S/c1-2-16-21-22-19-24(16)23-18(27-19)13-8-10-14(11-9-13)20-17(25)12-26-15-6-4-3-5-7-15/h3-11H,2,12H2,1H3,(H,20,25). The number of hydrogen-bond donors (Lipinski definition) is 1. The van der Waals surface area contributed by atoms with Crippen molar-refractivity contribution in [2.24, 2.45) is 0 Å². The molecule has 0 aliphatic rings. The van der Waals surface area contributed by atoms with Crippen molar-refractivity contribution in [3.8, 4) is 16.3 Å². The number of para-hydroxylation sites is 1. The maximum atomic E-state index is 12.0. The Morgan fingerprint density at radius 1 is 1.11 bits per heavy atom. The molecule has 2 aromatic carbocycles. The van der Waals surface area contributed by atoms with Gasteiger partial charge in [0.1, 0.15) is 10.8 Å². The Bertz CT molecular complexity index is 1060. The number of anilines is 1. The van der Waals surface area contributed by atoms with Gasteiger partial charge in [0, 0.05) is 17.7 Å². The van der Waals surface area contributed by atoms with Crippen LogP contribution in [0.25, 0.3) is 15.5 Å². The first kappa shape index (κ1) is 17.2. The lowest BCUT2D eigenvalue weighted by atomic mass is 10.2. The van der Waals surface area contributed by atoms with E-state index in [1.165, 1.54) is 11.3 Å². The zero-order valence-corrected chi connectivity index (χ0v) is 15.4. The second-order valence-electron chi connectivity index (χ2n) is 5.80. The third kappa shape index (κ3) is 3.80. The van der Waals surface area contributed by atoms with E-state index in [2.05, 4.69) is 20.6 Å². The van der Waals surface area contributed by atoms with Crippen LogP contribution in [-0.2, 0) is 11.2 Å². The first-order valence-electron chi connectivity index (χ1n) is 8.52. The van der Waals surface area contributed by atoms with Crippen LogP contribution in [0.4, 0.5) is 5.69 Å². The van der Waals surface area contributed by atoms with Gasteiger partial charge >= 0.3 is 0 Å². The predicted molar refractivity (Wildman–Crippen MR) is 104 cm³/mol. The highest BCUT2D eigenvalue weighted by atomic mass is 32.1. The quantitative estimate of drug-likeness (QED) is 0.555. The van der Waals surface area contributed by atoms with E-state index in [4.69, 9.17) is 4.74 Å². The molecular formula is C19H17N5O2S. The lowest BCUT2D eigenvalue weighted by Crippen LogP contribution is -2.20. The molecule has 0 fully saturated rings. The van der Waals surface area contributed by atoms with Gasteiger partial charge in [-0.3, -0.25) is 4.79 Å². The van der Waals surface area contributed by atoms with Gasteiger partial charge in [-0.2, -0.15) is 9.61 Å². The van der Waals surface area contributed by atoms with Crippen LogP contribution in [0.5, 0.6) is 5.75 Å². The molecule has 136 valence electrons. The van der Waals surface area contributed by atoms with Crippen molar-refractivity contribution in [3.05, 3.63) is 60.4 Å². The maximum absolute atomic E-state index is 12.0. The smallest absolute Gasteiger partial charge is 0.262 e. The van der Waals surface area contributed by atoms with Crippen LogP contribution in [0.3, 0.4) is 0 Å². The van der Waals surface area contributed by atoms with Gasteiger partial charge in [0.25, 0.3) is 5.91 Å². The molecule has 4 rings (SSSR count). The van der Waals surface area contributed by atoms with Gasteiger partial charge in [-0.1, -0.05) is 36.5 Å². The molecule has 4 aromatic rings. The fourth-order valence-electron chi connectivity index (χ4n) is 2.55. The minimum absolute atomic E-state index is 0.0394. The molecule has 0 atom stereocenters. The minimum atomic E-state index is -0.210. The van der Waals surface area contributed by atoms with E-state index in [0.29, 0.717) is 11.4 Å². The fraction of sp³-hybridized carbons (Fsp3) is 0.158. The molecule has 2 heterocycles. The van der Waals surface area contributed by atoms with Crippen LogP contribution in [-0.4, -0.2) is 32.3 Å². The number of hydrogen-bond acceptors (Lipinski definition) is 6. The highest BCUT2D eigenvalue weighted by Crippen LogP contribution is 2.26.